The summed E-state index contributed by atoms with van der Waals surface area (Å²) in [5, 5.41) is 31.5. The van der Waals surface area contributed by atoms with Gasteiger partial charge < -0.3 is 20.6 Å². The van der Waals surface area contributed by atoms with Crippen LogP contribution in [-0.4, -0.2) is 40.2 Å². The van der Waals surface area contributed by atoms with Gasteiger partial charge in [0, 0.05) is 24.6 Å². The van der Waals surface area contributed by atoms with Crippen LogP contribution in [0.3, 0.4) is 0 Å². The van der Waals surface area contributed by atoms with Gasteiger partial charge in [-0.25, -0.2) is 0 Å². The second-order valence-corrected chi connectivity index (χ2v) is 3.85. The first kappa shape index (κ1) is 14.1. The summed E-state index contributed by atoms with van der Waals surface area (Å²) in [5.41, 5.74) is 0.0368. The highest BCUT2D eigenvalue weighted by Gasteiger charge is 2.24. The molecule has 1 aromatic rings. The Morgan fingerprint density at radius 3 is 2.67 bits per heavy atom. The van der Waals surface area contributed by atoms with E-state index >= 15 is 0 Å². The summed E-state index contributed by atoms with van der Waals surface area (Å²) in [6, 6.07) is 4.17. The smallest absolute Gasteiger partial charge is 0.216 e. The number of aldehydes is 1. The van der Waals surface area contributed by atoms with E-state index in [2.05, 4.69) is 5.32 Å². The Balaban J connectivity index is 2.92. The highest BCUT2D eigenvalue weighted by Crippen LogP contribution is 2.28. The zero-order valence-electron chi connectivity index (χ0n) is 9.83. The van der Waals surface area contributed by atoms with Crippen molar-refractivity contribution in [2.24, 2.45) is 0 Å². The van der Waals surface area contributed by atoms with Crippen LogP contribution < -0.4 is 5.32 Å². The van der Waals surface area contributed by atoms with Crippen LogP contribution in [0.4, 0.5) is 0 Å². The average Bonchev–Trinajstić information content (AvgIpc) is 2.34. The van der Waals surface area contributed by atoms with Gasteiger partial charge in [0.1, 0.15) is 18.0 Å². The van der Waals surface area contributed by atoms with Crippen LogP contribution in [0.1, 0.15) is 28.9 Å². The van der Waals surface area contributed by atoms with E-state index in [4.69, 9.17) is 0 Å². The fraction of sp³-hybridized carbons (Fsp3) is 0.333. The van der Waals surface area contributed by atoms with E-state index in [1.165, 1.54) is 25.1 Å². The minimum atomic E-state index is -1.46. The number of amides is 1. The maximum Gasteiger partial charge on any atom is 0.216 e. The third-order valence-corrected chi connectivity index (χ3v) is 2.46. The van der Waals surface area contributed by atoms with Gasteiger partial charge in [-0.2, -0.15) is 0 Å². The van der Waals surface area contributed by atoms with Crippen molar-refractivity contribution >= 4 is 12.2 Å². The van der Waals surface area contributed by atoms with E-state index in [0.29, 0.717) is 6.29 Å². The predicted molar refractivity (Wildman–Crippen MR) is 63.1 cm³/mol. The Morgan fingerprint density at radius 1 is 1.44 bits per heavy atom. The van der Waals surface area contributed by atoms with Crippen LogP contribution in [0.25, 0.3) is 0 Å². The number of hydrogen-bond acceptors (Lipinski definition) is 5. The van der Waals surface area contributed by atoms with E-state index in [0.717, 1.165) is 0 Å². The molecule has 1 amide bonds. The summed E-state index contributed by atoms with van der Waals surface area (Å²) in [5.74, 6) is -0.636. The molecule has 1 aromatic carbocycles. The summed E-state index contributed by atoms with van der Waals surface area (Å²) in [4.78, 5) is 21.5. The second kappa shape index (κ2) is 6.13. The highest BCUT2D eigenvalue weighted by molar-refractivity contribution is 5.79. The van der Waals surface area contributed by atoms with Gasteiger partial charge in [0.15, 0.2) is 6.29 Å². The Labute approximate surface area is 104 Å². The van der Waals surface area contributed by atoms with Crippen LogP contribution in [-0.2, 0) is 4.79 Å². The third kappa shape index (κ3) is 3.28. The van der Waals surface area contributed by atoms with Gasteiger partial charge >= 0.3 is 0 Å². The lowest BCUT2D eigenvalue weighted by molar-refractivity contribution is -0.119. The summed E-state index contributed by atoms with van der Waals surface area (Å²) in [7, 11) is 0. The van der Waals surface area contributed by atoms with Crippen molar-refractivity contribution in [2.45, 2.75) is 19.1 Å². The number of hydrogen-bond donors (Lipinski definition) is 4. The first-order chi connectivity index (χ1) is 8.47. The molecule has 0 saturated carbocycles. The topological polar surface area (TPSA) is 107 Å². The Bertz CT molecular complexity index is 446. The van der Waals surface area contributed by atoms with Crippen molar-refractivity contribution in [3.8, 4) is 5.75 Å². The fourth-order valence-electron chi connectivity index (χ4n) is 1.55. The zero-order valence-corrected chi connectivity index (χ0v) is 9.83. The van der Waals surface area contributed by atoms with Crippen LogP contribution >= 0.6 is 0 Å². The predicted octanol–water partition coefficient (Wildman–Crippen LogP) is -0.265. The molecule has 0 saturated heterocycles. The number of aliphatic hydroxyl groups is 2. The van der Waals surface area contributed by atoms with Crippen LogP contribution in [0.15, 0.2) is 18.2 Å². The van der Waals surface area contributed by atoms with E-state index in [-0.39, 0.29) is 29.3 Å². The minimum Gasteiger partial charge on any atom is -0.508 e. The van der Waals surface area contributed by atoms with Crippen molar-refractivity contribution in [2.75, 3.05) is 6.54 Å². The number of aromatic hydroxyl groups is 1. The number of phenols is 1. The molecule has 6 nitrogen and oxygen atoms in total. The number of carbonyl (C=O) groups is 2. The number of carbonyl (C=O) groups excluding carboxylic acids is 2. The van der Waals surface area contributed by atoms with Gasteiger partial charge in [0.2, 0.25) is 5.91 Å². The van der Waals surface area contributed by atoms with Crippen molar-refractivity contribution in [3.05, 3.63) is 29.3 Å². The molecule has 0 aromatic heterocycles. The van der Waals surface area contributed by atoms with Crippen molar-refractivity contribution < 1.29 is 24.9 Å². The molecule has 98 valence electrons. The van der Waals surface area contributed by atoms with Crippen molar-refractivity contribution in [3.63, 3.8) is 0 Å². The van der Waals surface area contributed by atoms with Gasteiger partial charge in [0.25, 0.3) is 0 Å². The van der Waals surface area contributed by atoms with Crippen LogP contribution in [0.2, 0.25) is 0 Å². The molecular formula is C12H15NO5. The van der Waals surface area contributed by atoms with Crippen molar-refractivity contribution in [1.29, 1.82) is 0 Å². The molecule has 2 atom stereocenters. The van der Waals surface area contributed by atoms with E-state index in [9.17, 15) is 24.9 Å². The lowest BCUT2D eigenvalue weighted by Crippen LogP contribution is -2.34. The number of benzene rings is 1. The molecule has 0 aliphatic carbocycles. The lowest BCUT2D eigenvalue weighted by Gasteiger charge is -2.20. The fourth-order valence-corrected chi connectivity index (χ4v) is 1.55. The standard InChI is InChI=1S/C12H15NO5/c1-7(15)13-5-10(17)12(18)11-8(6-14)3-2-4-9(11)16/h2-4,6,10,12,16-18H,5H2,1H3,(H,13,15). The number of aliphatic hydroxyl groups excluding tert-OH is 2. The first-order valence-electron chi connectivity index (χ1n) is 5.35. The zero-order chi connectivity index (χ0) is 13.7. The first-order valence-corrected chi connectivity index (χ1v) is 5.35. The van der Waals surface area contributed by atoms with Gasteiger partial charge in [-0.05, 0) is 6.07 Å². The quantitative estimate of drug-likeness (QED) is 0.541. The largest absolute Gasteiger partial charge is 0.508 e. The maximum absolute atomic E-state index is 10.8. The highest BCUT2D eigenvalue weighted by atomic mass is 16.3. The summed E-state index contributed by atoms with van der Waals surface area (Å²) in [6.45, 7) is 1.10. The maximum atomic E-state index is 10.8. The lowest BCUT2D eigenvalue weighted by atomic mass is 9.98. The van der Waals surface area contributed by atoms with E-state index in [1.807, 2.05) is 0 Å². The Hall–Kier alpha value is -1.92. The molecule has 0 bridgehead atoms. The molecule has 0 fully saturated rings. The van der Waals surface area contributed by atoms with Crippen molar-refractivity contribution in [1.82, 2.24) is 5.32 Å². The third-order valence-electron chi connectivity index (χ3n) is 2.46. The monoisotopic (exact) mass is 253 g/mol. The van der Waals surface area contributed by atoms with Gasteiger partial charge in [-0.15, -0.1) is 0 Å². The second-order valence-electron chi connectivity index (χ2n) is 3.85. The molecule has 2 unspecified atom stereocenters. The minimum absolute atomic E-state index is 0.0506. The molecule has 4 N–H and O–H groups in total. The summed E-state index contributed by atoms with van der Waals surface area (Å²) >= 11 is 0. The molecule has 6 heteroatoms. The molecule has 0 heterocycles. The van der Waals surface area contributed by atoms with Crippen LogP contribution in [0.5, 0.6) is 5.75 Å². The van der Waals surface area contributed by atoms with Crippen LogP contribution in [0, 0.1) is 0 Å². The SMILES string of the molecule is CC(=O)NCC(O)C(O)c1c(O)cccc1C=O. The molecule has 1 rings (SSSR count). The molecule has 0 radical (unpaired) electrons. The summed E-state index contributed by atoms with van der Waals surface area (Å²) in [6.07, 6.45) is -2.30. The van der Waals surface area contributed by atoms with Gasteiger partial charge in [0.05, 0.1) is 0 Å². The van der Waals surface area contributed by atoms with Gasteiger partial charge in [-0.3, -0.25) is 9.59 Å². The molecule has 0 spiro atoms. The van der Waals surface area contributed by atoms with E-state index < -0.39 is 12.2 Å². The molecule has 0 aliphatic heterocycles. The molecule has 0 aliphatic rings. The van der Waals surface area contributed by atoms with Gasteiger partial charge in [-0.1, -0.05) is 12.1 Å². The number of phenolic OH excluding ortho intramolecular Hbond substituents is 1. The normalized spacial score (nSPS) is 13.7. The Kier molecular flexibility index (Phi) is 4.82. The van der Waals surface area contributed by atoms with E-state index in [1.54, 1.807) is 0 Å². The summed E-state index contributed by atoms with van der Waals surface area (Å²) < 4.78 is 0. The molecule has 18 heavy (non-hydrogen) atoms. The average molecular weight is 253 g/mol. The number of rotatable bonds is 5. The Morgan fingerprint density at radius 2 is 2.11 bits per heavy atom. The number of nitrogens with one attached hydrogen (secondary N) is 1. The molecular weight excluding hydrogens is 238 g/mol.